The molecule has 0 aromatic heterocycles. The van der Waals surface area contributed by atoms with Crippen LogP contribution in [0, 0.1) is 0 Å². The zero-order chi connectivity index (χ0) is 21.4. The number of hydrogen-bond acceptors (Lipinski definition) is 4. The first-order chi connectivity index (χ1) is 14.0. The number of ether oxygens (including phenoxy) is 2. The molecule has 2 atom stereocenters. The molecule has 0 bridgehead atoms. The van der Waals surface area contributed by atoms with Crippen LogP contribution in [0.2, 0.25) is 0 Å². The van der Waals surface area contributed by atoms with Gasteiger partial charge in [0, 0.05) is 19.6 Å². The maximum atomic E-state index is 12.9. The number of amides is 4. The van der Waals surface area contributed by atoms with Gasteiger partial charge in [-0.25, -0.2) is 9.59 Å². The normalized spacial score (nSPS) is 16.4. The predicted octanol–water partition coefficient (Wildman–Crippen LogP) is 2.82. The molecule has 8 nitrogen and oxygen atoms in total. The molecule has 0 saturated heterocycles. The summed E-state index contributed by atoms with van der Waals surface area (Å²) in [5.41, 5.74) is 2.08. The fraction of sp³-hybridized carbons (Fsp3) is 0.619. The van der Waals surface area contributed by atoms with Gasteiger partial charge in [0.15, 0.2) is 11.5 Å². The summed E-state index contributed by atoms with van der Waals surface area (Å²) in [6, 6.07) is 3.00. The molecule has 29 heavy (non-hydrogen) atoms. The molecule has 1 aliphatic heterocycles. The second-order valence-electron chi connectivity index (χ2n) is 7.04. The molecule has 3 N–H and O–H groups in total. The largest absolute Gasteiger partial charge is 0.493 e. The lowest BCUT2D eigenvalue weighted by atomic mass is 9.86. The Morgan fingerprint density at radius 3 is 2.41 bits per heavy atom. The van der Waals surface area contributed by atoms with Gasteiger partial charge < -0.3 is 30.3 Å². The van der Waals surface area contributed by atoms with Crippen LogP contribution in [0.25, 0.3) is 0 Å². The van der Waals surface area contributed by atoms with Gasteiger partial charge in [-0.1, -0.05) is 13.8 Å². The third kappa shape index (κ3) is 5.25. The maximum absolute atomic E-state index is 12.9. The average Bonchev–Trinajstić information content (AvgIpc) is 2.74. The van der Waals surface area contributed by atoms with E-state index in [1.54, 1.807) is 14.2 Å². The van der Waals surface area contributed by atoms with Gasteiger partial charge >= 0.3 is 12.1 Å². The van der Waals surface area contributed by atoms with Crippen molar-refractivity contribution in [3.8, 4) is 11.5 Å². The number of methoxy groups -OCH3 is 2. The molecule has 1 aliphatic rings. The van der Waals surface area contributed by atoms with Crippen molar-refractivity contribution in [2.24, 2.45) is 0 Å². The van der Waals surface area contributed by atoms with Crippen LogP contribution in [0.1, 0.15) is 50.8 Å². The van der Waals surface area contributed by atoms with Crippen molar-refractivity contribution in [1.29, 1.82) is 0 Å². The summed E-state index contributed by atoms with van der Waals surface area (Å²) >= 11 is 0. The monoisotopic (exact) mass is 406 g/mol. The minimum Gasteiger partial charge on any atom is -0.493 e. The molecular formula is C21H34N4O4. The first kappa shape index (κ1) is 22.6. The highest BCUT2D eigenvalue weighted by atomic mass is 16.5. The summed E-state index contributed by atoms with van der Waals surface area (Å²) in [6.45, 7) is 7.62. The third-order valence-electron chi connectivity index (χ3n) is 5.18. The van der Waals surface area contributed by atoms with Crippen molar-refractivity contribution in [3.05, 3.63) is 23.3 Å². The number of nitrogens with one attached hydrogen (secondary N) is 3. The molecule has 4 amide bonds. The van der Waals surface area contributed by atoms with Crippen molar-refractivity contribution in [2.45, 2.75) is 52.1 Å². The minimum absolute atomic E-state index is 0.117. The summed E-state index contributed by atoms with van der Waals surface area (Å²) in [6.07, 6.45) is 2.25. The van der Waals surface area contributed by atoms with E-state index < -0.39 is 0 Å². The van der Waals surface area contributed by atoms with Crippen LogP contribution in [-0.2, 0) is 6.42 Å². The number of urea groups is 2. The quantitative estimate of drug-likeness (QED) is 0.619. The number of hydrogen-bond donors (Lipinski definition) is 3. The molecule has 0 spiro atoms. The molecule has 8 heteroatoms. The molecule has 1 aromatic carbocycles. The van der Waals surface area contributed by atoms with E-state index in [9.17, 15) is 9.59 Å². The molecule has 1 aromatic rings. The first-order valence-corrected chi connectivity index (χ1v) is 10.3. The Bertz CT molecular complexity index is 710. The lowest BCUT2D eigenvalue weighted by Gasteiger charge is -2.41. The second-order valence-corrected chi connectivity index (χ2v) is 7.04. The van der Waals surface area contributed by atoms with Gasteiger partial charge in [-0.2, -0.15) is 0 Å². The van der Waals surface area contributed by atoms with Crippen LogP contribution in [0.15, 0.2) is 12.1 Å². The number of nitrogens with zero attached hydrogens (tertiary/aromatic N) is 1. The maximum Gasteiger partial charge on any atom is 0.317 e. The molecular weight excluding hydrogens is 372 g/mol. The molecule has 0 aliphatic carbocycles. The SMILES string of the molecule is CCCNC(=O)N1CCc2cc(OC)c(OC)cc2C1C(CC)NC(=O)NCC. The standard InChI is InChI=1S/C21H34N4O4/c1-6-10-23-21(27)25-11-9-14-12-17(28-4)18(29-5)13-15(14)19(25)16(7-2)24-20(26)22-8-3/h12-13,16,19H,6-11H2,1-5H3,(H,23,27)(H2,22,24,26). The van der Waals surface area contributed by atoms with Gasteiger partial charge in [0.2, 0.25) is 0 Å². The lowest BCUT2D eigenvalue weighted by molar-refractivity contribution is 0.147. The van der Waals surface area contributed by atoms with Gasteiger partial charge in [0.25, 0.3) is 0 Å². The summed E-state index contributed by atoms with van der Waals surface area (Å²) < 4.78 is 11.0. The van der Waals surface area contributed by atoms with Crippen molar-refractivity contribution >= 4 is 12.1 Å². The number of carbonyl (C=O) groups is 2. The minimum atomic E-state index is -0.303. The van der Waals surface area contributed by atoms with E-state index in [1.165, 1.54) is 0 Å². The van der Waals surface area contributed by atoms with Crippen LogP contribution >= 0.6 is 0 Å². The van der Waals surface area contributed by atoms with E-state index in [0.717, 1.165) is 17.5 Å². The van der Waals surface area contributed by atoms with Gasteiger partial charge in [-0.3, -0.25) is 0 Å². The van der Waals surface area contributed by atoms with Crippen molar-refractivity contribution in [1.82, 2.24) is 20.9 Å². The Morgan fingerprint density at radius 1 is 1.14 bits per heavy atom. The lowest BCUT2D eigenvalue weighted by Crippen LogP contribution is -2.54. The van der Waals surface area contributed by atoms with E-state index in [2.05, 4.69) is 16.0 Å². The molecule has 2 rings (SSSR count). The van der Waals surface area contributed by atoms with Crippen LogP contribution in [0.5, 0.6) is 11.5 Å². The highest BCUT2D eigenvalue weighted by Crippen LogP contribution is 2.40. The van der Waals surface area contributed by atoms with Crippen LogP contribution in [0.4, 0.5) is 9.59 Å². The Balaban J connectivity index is 2.47. The molecule has 0 radical (unpaired) electrons. The number of benzene rings is 1. The number of fused-ring (bicyclic) bond motifs is 1. The van der Waals surface area contributed by atoms with E-state index in [4.69, 9.17) is 9.47 Å². The van der Waals surface area contributed by atoms with Crippen LogP contribution in [-0.4, -0.2) is 56.9 Å². The highest BCUT2D eigenvalue weighted by molar-refractivity contribution is 5.77. The first-order valence-electron chi connectivity index (χ1n) is 10.3. The predicted molar refractivity (Wildman–Crippen MR) is 113 cm³/mol. The highest BCUT2D eigenvalue weighted by Gasteiger charge is 2.37. The van der Waals surface area contributed by atoms with E-state index >= 15 is 0 Å². The van der Waals surface area contributed by atoms with Crippen molar-refractivity contribution < 1.29 is 19.1 Å². The van der Waals surface area contributed by atoms with Gasteiger partial charge in [-0.05, 0) is 49.4 Å². The summed E-state index contributed by atoms with van der Waals surface area (Å²) in [7, 11) is 3.21. The van der Waals surface area contributed by atoms with E-state index in [-0.39, 0.29) is 24.1 Å². The fourth-order valence-electron chi connectivity index (χ4n) is 3.76. The Kier molecular flexibility index (Phi) is 8.42. The van der Waals surface area contributed by atoms with Gasteiger partial charge in [0.05, 0.1) is 26.3 Å². The molecule has 162 valence electrons. The molecule has 0 saturated carbocycles. The Hall–Kier alpha value is -2.64. The fourth-order valence-corrected chi connectivity index (χ4v) is 3.76. The van der Waals surface area contributed by atoms with Gasteiger partial charge in [0.1, 0.15) is 0 Å². The smallest absolute Gasteiger partial charge is 0.317 e. The van der Waals surface area contributed by atoms with Crippen LogP contribution in [0.3, 0.4) is 0 Å². The average molecular weight is 407 g/mol. The third-order valence-corrected chi connectivity index (χ3v) is 5.18. The van der Waals surface area contributed by atoms with E-state index in [0.29, 0.717) is 44.0 Å². The molecule has 1 heterocycles. The molecule has 0 fully saturated rings. The Morgan fingerprint density at radius 2 is 1.83 bits per heavy atom. The topological polar surface area (TPSA) is 91.9 Å². The zero-order valence-corrected chi connectivity index (χ0v) is 18.1. The summed E-state index contributed by atoms with van der Waals surface area (Å²) in [5.74, 6) is 1.28. The summed E-state index contributed by atoms with van der Waals surface area (Å²) in [4.78, 5) is 27.0. The van der Waals surface area contributed by atoms with Crippen molar-refractivity contribution in [3.63, 3.8) is 0 Å². The van der Waals surface area contributed by atoms with E-state index in [1.807, 2.05) is 37.8 Å². The number of rotatable bonds is 8. The van der Waals surface area contributed by atoms with Crippen LogP contribution < -0.4 is 25.4 Å². The molecule has 2 unspecified atom stereocenters. The van der Waals surface area contributed by atoms with Crippen molar-refractivity contribution in [2.75, 3.05) is 33.9 Å². The zero-order valence-electron chi connectivity index (χ0n) is 18.1. The second kappa shape index (κ2) is 10.8. The van der Waals surface area contributed by atoms with Gasteiger partial charge in [-0.15, -0.1) is 0 Å². The summed E-state index contributed by atoms with van der Waals surface area (Å²) in [5, 5.41) is 8.79. The number of carbonyl (C=O) groups excluding carboxylic acids is 2. The Labute approximate surface area is 173 Å².